The van der Waals surface area contributed by atoms with Crippen LogP contribution < -0.4 is 4.74 Å². The quantitative estimate of drug-likeness (QED) is 0.751. The van der Waals surface area contributed by atoms with Gasteiger partial charge in [-0.05, 0) is 68.2 Å². The maximum atomic E-state index is 12.7. The number of β-amino-alcohol motifs (C(OH)–C–C–N with tert-alkyl or cyclic N) is 1. The fraction of sp³-hybridized carbons (Fsp3) is 0.455. The van der Waals surface area contributed by atoms with Gasteiger partial charge in [-0.1, -0.05) is 30.7 Å². The summed E-state index contributed by atoms with van der Waals surface area (Å²) in [4.78, 5) is 2.26. The van der Waals surface area contributed by atoms with Gasteiger partial charge < -0.3 is 14.7 Å². The minimum Gasteiger partial charge on any atom is -0.491 e. The number of piperidine rings is 1. The molecule has 3 rings (SSSR count). The van der Waals surface area contributed by atoms with E-state index in [0.717, 1.165) is 30.8 Å². The average molecular weight is 393 g/mol. The molecule has 0 aliphatic carbocycles. The standard InChI is InChI=1S/C22H26F3NO2/c1-21(27,15-26-13-3-2-4-14-26)16-28-20-11-7-18(8-12-20)17-5-9-19(10-6-17)22(23,24)25/h5-12,27H,2-4,13-16H2,1H3. The zero-order chi connectivity index (χ0) is 20.2. The van der Waals surface area contributed by atoms with Gasteiger partial charge in [0.2, 0.25) is 0 Å². The van der Waals surface area contributed by atoms with Crippen molar-refractivity contribution in [3.05, 3.63) is 54.1 Å². The molecule has 2 aromatic carbocycles. The summed E-state index contributed by atoms with van der Waals surface area (Å²) in [5.41, 5.74) is -0.0892. The average Bonchev–Trinajstić information content (AvgIpc) is 2.67. The second kappa shape index (κ2) is 8.53. The molecule has 1 unspecified atom stereocenters. The second-order valence-corrected chi connectivity index (χ2v) is 7.72. The molecular weight excluding hydrogens is 367 g/mol. The van der Waals surface area contributed by atoms with Crippen LogP contribution in [0.25, 0.3) is 11.1 Å². The van der Waals surface area contributed by atoms with Crippen molar-refractivity contribution in [2.24, 2.45) is 0 Å². The molecule has 1 N–H and O–H groups in total. The molecule has 0 radical (unpaired) electrons. The fourth-order valence-electron chi connectivity index (χ4n) is 3.48. The van der Waals surface area contributed by atoms with E-state index in [-0.39, 0.29) is 6.61 Å². The molecule has 1 aliphatic heterocycles. The number of nitrogens with zero attached hydrogens (tertiary/aromatic N) is 1. The Balaban J connectivity index is 1.56. The fourth-order valence-corrected chi connectivity index (χ4v) is 3.48. The van der Waals surface area contributed by atoms with Gasteiger partial charge in [0.25, 0.3) is 0 Å². The number of ether oxygens (including phenoxy) is 1. The van der Waals surface area contributed by atoms with Gasteiger partial charge in [-0.2, -0.15) is 13.2 Å². The molecule has 0 saturated carbocycles. The molecule has 1 fully saturated rings. The zero-order valence-corrected chi connectivity index (χ0v) is 16.0. The lowest BCUT2D eigenvalue weighted by atomic mass is 10.0. The summed E-state index contributed by atoms with van der Waals surface area (Å²) >= 11 is 0. The summed E-state index contributed by atoms with van der Waals surface area (Å²) in [7, 11) is 0. The van der Waals surface area contributed by atoms with Crippen LogP contribution in [0.15, 0.2) is 48.5 Å². The molecule has 152 valence electrons. The van der Waals surface area contributed by atoms with Crippen LogP contribution in [0, 0.1) is 0 Å². The third-order valence-corrected chi connectivity index (χ3v) is 4.96. The first-order valence-electron chi connectivity index (χ1n) is 9.58. The molecule has 0 amide bonds. The summed E-state index contributed by atoms with van der Waals surface area (Å²) in [6.07, 6.45) is -0.744. The molecule has 1 heterocycles. The Morgan fingerprint density at radius 3 is 1.96 bits per heavy atom. The Morgan fingerprint density at radius 2 is 1.43 bits per heavy atom. The van der Waals surface area contributed by atoms with Gasteiger partial charge >= 0.3 is 6.18 Å². The molecule has 6 heteroatoms. The van der Waals surface area contributed by atoms with E-state index >= 15 is 0 Å². The number of rotatable bonds is 6. The van der Waals surface area contributed by atoms with E-state index < -0.39 is 17.3 Å². The number of benzene rings is 2. The highest BCUT2D eigenvalue weighted by Crippen LogP contribution is 2.31. The third kappa shape index (κ3) is 5.72. The lowest BCUT2D eigenvalue weighted by Crippen LogP contribution is -2.46. The lowest BCUT2D eigenvalue weighted by Gasteiger charge is -2.33. The molecule has 1 atom stereocenters. The topological polar surface area (TPSA) is 32.7 Å². The summed E-state index contributed by atoms with van der Waals surface area (Å²) in [5, 5.41) is 10.6. The van der Waals surface area contributed by atoms with Crippen molar-refractivity contribution >= 4 is 0 Å². The maximum absolute atomic E-state index is 12.7. The molecule has 1 saturated heterocycles. The van der Waals surface area contributed by atoms with Gasteiger partial charge in [0.15, 0.2) is 0 Å². The monoisotopic (exact) mass is 393 g/mol. The summed E-state index contributed by atoms with van der Waals surface area (Å²) in [5.74, 6) is 0.620. The Morgan fingerprint density at radius 1 is 0.893 bits per heavy atom. The van der Waals surface area contributed by atoms with E-state index in [4.69, 9.17) is 4.74 Å². The normalized spacial score (nSPS) is 17.9. The van der Waals surface area contributed by atoms with E-state index in [2.05, 4.69) is 4.90 Å². The molecule has 0 bridgehead atoms. The van der Waals surface area contributed by atoms with Crippen molar-refractivity contribution in [1.82, 2.24) is 4.90 Å². The van der Waals surface area contributed by atoms with Crippen molar-refractivity contribution in [3.63, 3.8) is 0 Å². The summed E-state index contributed by atoms with van der Waals surface area (Å²) in [6.45, 7) is 4.56. The highest BCUT2D eigenvalue weighted by molar-refractivity contribution is 5.64. The van der Waals surface area contributed by atoms with Crippen molar-refractivity contribution in [1.29, 1.82) is 0 Å². The third-order valence-electron chi connectivity index (χ3n) is 4.96. The van der Waals surface area contributed by atoms with E-state index in [1.807, 2.05) is 0 Å². The van der Waals surface area contributed by atoms with Crippen molar-refractivity contribution < 1.29 is 23.0 Å². The first-order chi connectivity index (χ1) is 13.2. The Labute approximate surface area is 163 Å². The van der Waals surface area contributed by atoms with E-state index in [0.29, 0.717) is 17.9 Å². The van der Waals surface area contributed by atoms with Crippen LogP contribution >= 0.6 is 0 Å². The number of likely N-dealkylation sites (tertiary alicyclic amines) is 1. The Hall–Kier alpha value is -2.05. The van der Waals surface area contributed by atoms with Crippen molar-refractivity contribution in [2.75, 3.05) is 26.2 Å². The van der Waals surface area contributed by atoms with Crippen LogP contribution in [0.4, 0.5) is 13.2 Å². The lowest BCUT2D eigenvalue weighted by molar-refractivity contribution is -0.137. The summed E-state index contributed by atoms with van der Waals surface area (Å²) < 4.78 is 43.7. The molecule has 2 aromatic rings. The van der Waals surface area contributed by atoms with Gasteiger partial charge in [0.1, 0.15) is 18.0 Å². The minimum absolute atomic E-state index is 0.184. The molecule has 1 aliphatic rings. The first-order valence-corrected chi connectivity index (χ1v) is 9.58. The minimum atomic E-state index is -4.33. The zero-order valence-electron chi connectivity index (χ0n) is 16.0. The van der Waals surface area contributed by atoms with E-state index in [9.17, 15) is 18.3 Å². The van der Waals surface area contributed by atoms with E-state index in [1.165, 1.54) is 31.4 Å². The van der Waals surface area contributed by atoms with Crippen molar-refractivity contribution in [3.8, 4) is 16.9 Å². The predicted octanol–water partition coefficient (Wildman–Crippen LogP) is 4.99. The molecule has 0 spiro atoms. The van der Waals surface area contributed by atoms with Crippen molar-refractivity contribution in [2.45, 2.75) is 38.0 Å². The molecule has 0 aromatic heterocycles. The van der Waals surface area contributed by atoms with Gasteiger partial charge in [-0.25, -0.2) is 0 Å². The number of hydrogen-bond acceptors (Lipinski definition) is 3. The number of hydrogen-bond donors (Lipinski definition) is 1. The molecular formula is C22H26F3NO2. The van der Waals surface area contributed by atoms with Crippen LogP contribution in [0.5, 0.6) is 5.75 Å². The predicted molar refractivity (Wildman–Crippen MR) is 103 cm³/mol. The SMILES string of the molecule is CC(O)(COc1ccc(-c2ccc(C(F)(F)F)cc2)cc1)CN1CCCCC1. The van der Waals surface area contributed by atoms with Gasteiger partial charge in [0.05, 0.1) is 5.56 Å². The summed E-state index contributed by atoms with van der Waals surface area (Å²) in [6, 6.07) is 12.2. The first kappa shape index (κ1) is 20.7. The van der Waals surface area contributed by atoms with Gasteiger partial charge in [-0.3, -0.25) is 0 Å². The highest BCUT2D eigenvalue weighted by atomic mass is 19.4. The number of aliphatic hydroxyl groups is 1. The maximum Gasteiger partial charge on any atom is 0.416 e. The van der Waals surface area contributed by atoms with Gasteiger partial charge in [-0.15, -0.1) is 0 Å². The smallest absolute Gasteiger partial charge is 0.416 e. The van der Waals surface area contributed by atoms with Gasteiger partial charge in [0, 0.05) is 6.54 Å². The Bertz CT molecular complexity index is 749. The van der Waals surface area contributed by atoms with Crippen LogP contribution in [0.1, 0.15) is 31.7 Å². The number of halogens is 3. The molecule has 28 heavy (non-hydrogen) atoms. The van der Waals surface area contributed by atoms with Crippen LogP contribution in [-0.4, -0.2) is 41.8 Å². The van der Waals surface area contributed by atoms with Crippen LogP contribution in [0.2, 0.25) is 0 Å². The number of alkyl halides is 3. The second-order valence-electron chi connectivity index (χ2n) is 7.72. The van der Waals surface area contributed by atoms with Crippen LogP contribution in [-0.2, 0) is 6.18 Å². The Kier molecular flexibility index (Phi) is 6.30. The van der Waals surface area contributed by atoms with E-state index in [1.54, 1.807) is 31.2 Å². The van der Waals surface area contributed by atoms with Crippen LogP contribution in [0.3, 0.4) is 0 Å². The molecule has 3 nitrogen and oxygen atoms in total. The highest BCUT2D eigenvalue weighted by Gasteiger charge is 2.30. The largest absolute Gasteiger partial charge is 0.491 e.